The third-order valence-corrected chi connectivity index (χ3v) is 6.09. The SMILES string of the molecule is O=C(N[C@@H]1CCC[C@@H]1C(=O)N1CCN(c2cccc(Cl)c2)CC1)c1ccncc1. The summed E-state index contributed by atoms with van der Waals surface area (Å²) in [7, 11) is 0. The van der Waals surface area contributed by atoms with E-state index in [9.17, 15) is 9.59 Å². The van der Waals surface area contributed by atoms with Crippen molar-refractivity contribution in [2.45, 2.75) is 25.3 Å². The highest BCUT2D eigenvalue weighted by Crippen LogP contribution is 2.29. The summed E-state index contributed by atoms with van der Waals surface area (Å²) in [6.45, 7) is 2.94. The van der Waals surface area contributed by atoms with E-state index >= 15 is 0 Å². The Morgan fingerprint density at radius 1 is 1.03 bits per heavy atom. The van der Waals surface area contributed by atoms with Crippen LogP contribution in [0.3, 0.4) is 0 Å². The van der Waals surface area contributed by atoms with E-state index in [0.717, 1.165) is 43.1 Å². The van der Waals surface area contributed by atoms with Crippen LogP contribution in [-0.4, -0.2) is 53.9 Å². The van der Waals surface area contributed by atoms with Crippen molar-refractivity contribution in [3.05, 3.63) is 59.4 Å². The van der Waals surface area contributed by atoms with Gasteiger partial charge in [0.2, 0.25) is 5.91 Å². The van der Waals surface area contributed by atoms with Crippen molar-refractivity contribution in [1.82, 2.24) is 15.2 Å². The number of nitrogens with zero attached hydrogens (tertiary/aromatic N) is 3. The summed E-state index contributed by atoms with van der Waals surface area (Å²) in [5.41, 5.74) is 1.67. The monoisotopic (exact) mass is 412 g/mol. The second-order valence-corrected chi connectivity index (χ2v) is 8.08. The lowest BCUT2D eigenvalue weighted by Crippen LogP contribution is -2.52. The Labute approximate surface area is 175 Å². The third-order valence-electron chi connectivity index (χ3n) is 5.86. The zero-order valence-corrected chi connectivity index (χ0v) is 17.0. The number of hydrogen-bond acceptors (Lipinski definition) is 4. The number of anilines is 1. The largest absolute Gasteiger partial charge is 0.368 e. The second kappa shape index (κ2) is 8.82. The summed E-state index contributed by atoms with van der Waals surface area (Å²) in [5, 5.41) is 3.79. The number of nitrogens with one attached hydrogen (secondary N) is 1. The predicted molar refractivity (Wildman–Crippen MR) is 113 cm³/mol. The van der Waals surface area contributed by atoms with Gasteiger partial charge in [0, 0.05) is 60.9 Å². The Morgan fingerprint density at radius 3 is 2.52 bits per heavy atom. The van der Waals surface area contributed by atoms with Gasteiger partial charge >= 0.3 is 0 Å². The number of carbonyl (C=O) groups is 2. The van der Waals surface area contributed by atoms with Gasteiger partial charge in [-0.1, -0.05) is 24.1 Å². The minimum atomic E-state index is -0.140. The summed E-state index contributed by atoms with van der Waals surface area (Å²) in [6, 6.07) is 11.1. The molecule has 1 aliphatic heterocycles. The number of benzene rings is 1. The number of piperazine rings is 1. The van der Waals surface area contributed by atoms with Gasteiger partial charge in [0.25, 0.3) is 5.91 Å². The van der Waals surface area contributed by atoms with Crippen LogP contribution >= 0.6 is 11.6 Å². The van der Waals surface area contributed by atoms with Crippen LogP contribution in [-0.2, 0) is 4.79 Å². The van der Waals surface area contributed by atoms with Gasteiger partial charge in [0.1, 0.15) is 0 Å². The molecule has 2 fully saturated rings. The van der Waals surface area contributed by atoms with E-state index < -0.39 is 0 Å². The van der Waals surface area contributed by atoms with E-state index in [-0.39, 0.29) is 23.8 Å². The average molecular weight is 413 g/mol. The zero-order valence-electron chi connectivity index (χ0n) is 16.3. The molecule has 0 spiro atoms. The predicted octanol–water partition coefficient (Wildman–Crippen LogP) is 2.98. The minimum Gasteiger partial charge on any atom is -0.368 e. The molecule has 2 heterocycles. The van der Waals surface area contributed by atoms with Crippen LogP contribution in [0, 0.1) is 5.92 Å². The maximum absolute atomic E-state index is 13.2. The van der Waals surface area contributed by atoms with Crippen LogP contribution in [0.25, 0.3) is 0 Å². The topological polar surface area (TPSA) is 65.5 Å². The Hall–Kier alpha value is -2.60. The molecule has 2 aromatic rings. The highest BCUT2D eigenvalue weighted by Gasteiger charge is 2.37. The molecule has 1 aromatic carbocycles. The molecular weight excluding hydrogens is 388 g/mol. The van der Waals surface area contributed by atoms with E-state index in [1.54, 1.807) is 24.5 Å². The Bertz CT molecular complexity index is 868. The van der Waals surface area contributed by atoms with Crippen LogP contribution in [0.5, 0.6) is 0 Å². The summed E-state index contributed by atoms with van der Waals surface area (Å²) in [6.07, 6.45) is 5.84. The second-order valence-electron chi connectivity index (χ2n) is 7.65. The lowest BCUT2D eigenvalue weighted by atomic mass is 10.0. The fourth-order valence-electron chi connectivity index (χ4n) is 4.28. The molecule has 7 heteroatoms. The van der Waals surface area contributed by atoms with Crippen molar-refractivity contribution in [3.8, 4) is 0 Å². The minimum absolute atomic E-state index is 0.103. The highest BCUT2D eigenvalue weighted by molar-refractivity contribution is 6.30. The normalized spacial score (nSPS) is 21.8. The molecule has 1 aromatic heterocycles. The van der Waals surface area contributed by atoms with Gasteiger partial charge in [-0.15, -0.1) is 0 Å². The first-order chi connectivity index (χ1) is 14.1. The van der Waals surface area contributed by atoms with Gasteiger partial charge in [-0.25, -0.2) is 0 Å². The van der Waals surface area contributed by atoms with Crippen LogP contribution in [0.2, 0.25) is 5.02 Å². The number of aromatic nitrogens is 1. The van der Waals surface area contributed by atoms with Crippen molar-refractivity contribution in [2.24, 2.45) is 5.92 Å². The molecule has 0 bridgehead atoms. The molecule has 2 aliphatic rings. The zero-order chi connectivity index (χ0) is 20.2. The van der Waals surface area contributed by atoms with Crippen LogP contribution in [0.1, 0.15) is 29.6 Å². The highest BCUT2D eigenvalue weighted by atomic mass is 35.5. The first-order valence-corrected chi connectivity index (χ1v) is 10.5. The number of pyridine rings is 1. The molecule has 2 amide bonds. The van der Waals surface area contributed by atoms with E-state index in [1.165, 1.54) is 0 Å². The van der Waals surface area contributed by atoms with Gasteiger partial charge in [-0.3, -0.25) is 14.6 Å². The van der Waals surface area contributed by atoms with Gasteiger partial charge < -0.3 is 15.1 Å². The molecule has 2 atom stereocenters. The standard InChI is InChI=1S/C22H25ClN4O2/c23-17-3-1-4-18(15-17)26-11-13-27(14-12-26)22(29)19-5-2-6-20(19)25-21(28)16-7-9-24-10-8-16/h1,3-4,7-10,15,19-20H,2,5-6,11-14H2,(H,25,28)/t19-,20+/m0/s1. The van der Waals surface area contributed by atoms with Crippen molar-refractivity contribution in [3.63, 3.8) is 0 Å². The summed E-state index contributed by atoms with van der Waals surface area (Å²) >= 11 is 6.10. The number of rotatable bonds is 4. The van der Waals surface area contributed by atoms with E-state index in [2.05, 4.69) is 15.2 Å². The first kappa shape index (κ1) is 19.7. The summed E-state index contributed by atoms with van der Waals surface area (Å²) in [4.78, 5) is 33.8. The molecule has 6 nitrogen and oxygen atoms in total. The molecule has 0 radical (unpaired) electrons. The Kier molecular flexibility index (Phi) is 6.00. The number of amides is 2. The van der Waals surface area contributed by atoms with E-state index in [1.807, 2.05) is 29.2 Å². The first-order valence-electron chi connectivity index (χ1n) is 10.1. The molecule has 1 saturated heterocycles. The fraction of sp³-hybridized carbons (Fsp3) is 0.409. The van der Waals surface area contributed by atoms with Crippen molar-refractivity contribution >= 4 is 29.1 Å². The Balaban J connectivity index is 1.35. The molecule has 1 N–H and O–H groups in total. The number of halogens is 1. The average Bonchev–Trinajstić information content (AvgIpc) is 3.22. The maximum Gasteiger partial charge on any atom is 0.251 e. The van der Waals surface area contributed by atoms with Crippen LogP contribution < -0.4 is 10.2 Å². The van der Waals surface area contributed by atoms with Gasteiger partial charge in [0.05, 0.1) is 5.92 Å². The molecular formula is C22H25ClN4O2. The van der Waals surface area contributed by atoms with Crippen LogP contribution in [0.4, 0.5) is 5.69 Å². The van der Waals surface area contributed by atoms with Gasteiger partial charge in [0.15, 0.2) is 0 Å². The lowest BCUT2D eigenvalue weighted by molar-refractivity contribution is -0.136. The number of carbonyl (C=O) groups excluding carboxylic acids is 2. The maximum atomic E-state index is 13.2. The van der Waals surface area contributed by atoms with E-state index in [4.69, 9.17) is 11.6 Å². The third kappa shape index (κ3) is 4.53. The van der Waals surface area contributed by atoms with Crippen molar-refractivity contribution < 1.29 is 9.59 Å². The van der Waals surface area contributed by atoms with Gasteiger partial charge in [-0.2, -0.15) is 0 Å². The van der Waals surface area contributed by atoms with E-state index in [0.29, 0.717) is 18.7 Å². The van der Waals surface area contributed by atoms with Crippen molar-refractivity contribution in [1.29, 1.82) is 0 Å². The molecule has 29 heavy (non-hydrogen) atoms. The molecule has 4 rings (SSSR count). The molecule has 1 aliphatic carbocycles. The smallest absolute Gasteiger partial charge is 0.251 e. The summed E-state index contributed by atoms with van der Waals surface area (Å²) in [5.74, 6) is -0.116. The lowest BCUT2D eigenvalue weighted by Gasteiger charge is -2.38. The fourth-order valence-corrected chi connectivity index (χ4v) is 4.46. The molecule has 0 unspecified atom stereocenters. The quantitative estimate of drug-likeness (QED) is 0.838. The summed E-state index contributed by atoms with van der Waals surface area (Å²) < 4.78 is 0. The Morgan fingerprint density at radius 2 is 1.79 bits per heavy atom. The molecule has 1 saturated carbocycles. The van der Waals surface area contributed by atoms with Gasteiger partial charge in [-0.05, 0) is 43.2 Å². The number of hydrogen-bond donors (Lipinski definition) is 1. The molecule has 152 valence electrons. The van der Waals surface area contributed by atoms with Crippen molar-refractivity contribution in [2.75, 3.05) is 31.1 Å². The van der Waals surface area contributed by atoms with Crippen LogP contribution in [0.15, 0.2) is 48.8 Å².